The van der Waals surface area contributed by atoms with Crippen molar-refractivity contribution in [3.8, 4) is 0 Å². The van der Waals surface area contributed by atoms with Crippen LogP contribution in [0.5, 0.6) is 0 Å². The minimum absolute atomic E-state index is 0.181. The molecule has 0 aliphatic heterocycles. The number of aromatic nitrogens is 2. The van der Waals surface area contributed by atoms with Crippen LogP contribution in [0.15, 0.2) is 0 Å². The Morgan fingerprint density at radius 2 is 2.10 bits per heavy atom. The molecular weight excluding hydrogens is 272 g/mol. The van der Waals surface area contributed by atoms with Crippen molar-refractivity contribution in [1.29, 1.82) is 0 Å². The second kappa shape index (κ2) is 6.95. The minimum Gasteiger partial charge on any atom is -0.393 e. The maximum Gasteiger partial charge on any atom is 0.0847 e. The van der Waals surface area contributed by atoms with E-state index in [0.29, 0.717) is 5.92 Å². The van der Waals surface area contributed by atoms with Gasteiger partial charge in [0, 0.05) is 6.54 Å². The normalized spacial score (nSPS) is 26.9. The fraction of sp³-hybridized carbons (Fsp3) is 0.812. The molecule has 0 amide bonds. The van der Waals surface area contributed by atoms with Gasteiger partial charge in [0.2, 0.25) is 0 Å². The van der Waals surface area contributed by atoms with Gasteiger partial charge in [0.15, 0.2) is 0 Å². The lowest BCUT2D eigenvalue weighted by Gasteiger charge is -2.33. The van der Waals surface area contributed by atoms with Crippen molar-refractivity contribution in [1.82, 2.24) is 9.78 Å². The van der Waals surface area contributed by atoms with E-state index < -0.39 is 0 Å². The molecule has 2 rings (SSSR count). The molecule has 0 aromatic carbocycles. The number of aliphatic hydroxyl groups is 1. The highest BCUT2D eigenvalue weighted by Crippen LogP contribution is 2.35. The maximum absolute atomic E-state index is 10.3. The molecule has 4 heteroatoms. The van der Waals surface area contributed by atoms with Crippen molar-refractivity contribution in [2.24, 2.45) is 11.8 Å². The van der Waals surface area contributed by atoms with Crippen LogP contribution in [0.1, 0.15) is 57.3 Å². The zero-order valence-corrected chi connectivity index (χ0v) is 13.7. The zero-order valence-electron chi connectivity index (χ0n) is 12.9. The summed E-state index contributed by atoms with van der Waals surface area (Å²) in [6.07, 6.45) is 6.43. The topological polar surface area (TPSA) is 38.1 Å². The Morgan fingerprint density at radius 1 is 1.35 bits per heavy atom. The van der Waals surface area contributed by atoms with E-state index in [1.165, 1.54) is 19.3 Å². The van der Waals surface area contributed by atoms with Crippen LogP contribution in [0.3, 0.4) is 0 Å². The van der Waals surface area contributed by atoms with Crippen LogP contribution in [-0.4, -0.2) is 21.0 Å². The van der Waals surface area contributed by atoms with E-state index >= 15 is 0 Å². The van der Waals surface area contributed by atoms with Crippen molar-refractivity contribution in [2.75, 3.05) is 0 Å². The average molecular weight is 299 g/mol. The molecule has 0 bridgehead atoms. The minimum atomic E-state index is -0.181. The van der Waals surface area contributed by atoms with Crippen molar-refractivity contribution < 1.29 is 5.11 Å². The number of rotatable bonds is 5. The first-order chi connectivity index (χ1) is 9.56. The zero-order chi connectivity index (χ0) is 14.7. The number of aryl methyl sites for hydroxylation is 2. The van der Waals surface area contributed by atoms with Crippen molar-refractivity contribution in [2.45, 2.75) is 71.9 Å². The molecule has 1 aliphatic carbocycles. The SMILES string of the molecule is CCCC1CCC(O)C(Cc2c(Cl)c(C)nn2CC)C1. The molecule has 1 N–H and O–H groups in total. The highest BCUT2D eigenvalue weighted by molar-refractivity contribution is 6.31. The summed E-state index contributed by atoms with van der Waals surface area (Å²) < 4.78 is 1.99. The largest absolute Gasteiger partial charge is 0.393 e. The van der Waals surface area contributed by atoms with Crippen LogP contribution >= 0.6 is 11.6 Å². The molecule has 3 atom stereocenters. The van der Waals surface area contributed by atoms with Gasteiger partial charge in [-0.05, 0) is 51.4 Å². The average Bonchev–Trinajstić information content (AvgIpc) is 2.70. The fourth-order valence-corrected chi connectivity index (χ4v) is 3.76. The van der Waals surface area contributed by atoms with Crippen molar-refractivity contribution >= 4 is 11.6 Å². The van der Waals surface area contributed by atoms with Crippen molar-refractivity contribution in [3.63, 3.8) is 0 Å². The lowest BCUT2D eigenvalue weighted by Crippen LogP contribution is -2.31. The molecule has 1 aromatic rings. The van der Waals surface area contributed by atoms with Crippen molar-refractivity contribution in [3.05, 3.63) is 16.4 Å². The summed E-state index contributed by atoms with van der Waals surface area (Å²) in [5, 5.41) is 15.6. The quantitative estimate of drug-likeness (QED) is 0.893. The molecule has 0 saturated heterocycles. The van der Waals surface area contributed by atoms with Gasteiger partial charge in [0.25, 0.3) is 0 Å². The second-order valence-corrected chi connectivity index (χ2v) is 6.54. The summed E-state index contributed by atoms with van der Waals surface area (Å²) >= 11 is 6.39. The second-order valence-electron chi connectivity index (χ2n) is 6.16. The molecule has 3 unspecified atom stereocenters. The van der Waals surface area contributed by atoms with Crippen LogP contribution in [-0.2, 0) is 13.0 Å². The summed E-state index contributed by atoms with van der Waals surface area (Å²) in [5.41, 5.74) is 2.01. The molecule has 114 valence electrons. The molecule has 1 heterocycles. The number of hydrogen-bond acceptors (Lipinski definition) is 2. The van der Waals surface area contributed by atoms with E-state index in [0.717, 1.165) is 48.1 Å². The van der Waals surface area contributed by atoms with Crippen LogP contribution < -0.4 is 0 Å². The summed E-state index contributed by atoms with van der Waals surface area (Å²) in [6, 6.07) is 0. The van der Waals surface area contributed by atoms with E-state index in [1.807, 2.05) is 11.6 Å². The number of hydrogen-bond donors (Lipinski definition) is 1. The Labute approximate surface area is 127 Å². The first-order valence-corrected chi connectivity index (χ1v) is 8.34. The highest BCUT2D eigenvalue weighted by Gasteiger charge is 2.30. The molecule has 0 radical (unpaired) electrons. The van der Waals surface area contributed by atoms with Crippen LogP contribution in [0.25, 0.3) is 0 Å². The van der Waals surface area contributed by atoms with E-state index in [4.69, 9.17) is 11.6 Å². The van der Waals surface area contributed by atoms with Crippen LogP contribution in [0, 0.1) is 18.8 Å². The maximum atomic E-state index is 10.3. The molecule has 0 spiro atoms. The predicted molar refractivity (Wildman–Crippen MR) is 83.1 cm³/mol. The highest BCUT2D eigenvalue weighted by atomic mass is 35.5. The monoisotopic (exact) mass is 298 g/mol. The van der Waals surface area contributed by atoms with E-state index in [9.17, 15) is 5.11 Å². The molecular formula is C16H27ClN2O. The van der Waals surface area contributed by atoms with Crippen LogP contribution in [0.4, 0.5) is 0 Å². The lowest BCUT2D eigenvalue weighted by molar-refractivity contribution is 0.0453. The molecule has 1 fully saturated rings. The van der Waals surface area contributed by atoms with E-state index in [1.54, 1.807) is 0 Å². The fourth-order valence-electron chi connectivity index (χ4n) is 3.55. The van der Waals surface area contributed by atoms with Gasteiger partial charge in [-0.3, -0.25) is 4.68 Å². The standard InChI is InChI=1S/C16H27ClN2O/c1-4-6-12-7-8-15(20)13(9-12)10-14-16(17)11(3)18-19(14)5-2/h12-13,15,20H,4-10H2,1-3H3. The predicted octanol–water partition coefficient (Wildman–Crippen LogP) is 3.98. The summed E-state index contributed by atoms with van der Waals surface area (Å²) in [4.78, 5) is 0. The molecule has 20 heavy (non-hydrogen) atoms. The lowest BCUT2D eigenvalue weighted by atomic mass is 9.76. The molecule has 1 aliphatic rings. The number of halogens is 1. The molecule has 3 nitrogen and oxygen atoms in total. The van der Waals surface area contributed by atoms with Gasteiger partial charge in [-0.1, -0.05) is 31.4 Å². The van der Waals surface area contributed by atoms with E-state index in [2.05, 4.69) is 18.9 Å². The van der Waals surface area contributed by atoms with Gasteiger partial charge < -0.3 is 5.11 Å². The Bertz CT molecular complexity index is 444. The first kappa shape index (κ1) is 15.8. The summed E-state index contributed by atoms with van der Waals surface area (Å²) in [6.45, 7) is 7.12. The Morgan fingerprint density at radius 3 is 2.75 bits per heavy atom. The van der Waals surface area contributed by atoms with Gasteiger partial charge in [0.05, 0.1) is 22.5 Å². The molecule has 1 saturated carbocycles. The molecule has 1 aromatic heterocycles. The Kier molecular flexibility index (Phi) is 5.50. The third kappa shape index (κ3) is 3.37. The number of nitrogens with zero attached hydrogens (tertiary/aromatic N) is 2. The Hall–Kier alpha value is -0.540. The smallest absolute Gasteiger partial charge is 0.0847 e. The third-order valence-corrected chi connectivity index (χ3v) is 5.15. The van der Waals surface area contributed by atoms with Crippen LogP contribution in [0.2, 0.25) is 5.02 Å². The van der Waals surface area contributed by atoms with Gasteiger partial charge in [-0.15, -0.1) is 0 Å². The third-order valence-electron chi connectivity index (χ3n) is 4.66. The van der Waals surface area contributed by atoms with Gasteiger partial charge in [-0.25, -0.2) is 0 Å². The number of aliphatic hydroxyl groups excluding tert-OH is 1. The van der Waals surface area contributed by atoms with Gasteiger partial charge in [0.1, 0.15) is 0 Å². The van der Waals surface area contributed by atoms with Gasteiger partial charge in [-0.2, -0.15) is 5.10 Å². The summed E-state index contributed by atoms with van der Waals surface area (Å²) in [7, 11) is 0. The van der Waals surface area contributed by atoms with Gasteiger partial charge >= 0.3 is 0 Å². The van der Waals surface area contributed by atoms with E-state index in [-0.39, 0.29) is 6.10 Å². The Balaban J connectivity index is 2.11. The summed E-state index contributed by atoms with van der Waals surface area (Å²) in [5.74, 6) is 1.10. The first-order valence-electron chi connectivity index (χ1n) is 7.96.